The third kappa shape index (κ3) is 4.86. The Morgan fingerprint density at radius 2 is 1.68 bits per heavy atom. The van der Waals surface area contributed by atoms with E-state index < -0.39 is 0 Å². The quantitative estimate of drug-likeness (QED) is 0.423. The molecule has 2 aromatic carbocycles. The fraction of sp³-hybridized carbons (Fsp3) is 0.278. The first kappa shape index (κ1) is 20.7. The minimum Gasteiger partial charge on any atom is -0.363 e. The smallest absolute Gasteiger partial charge is 0.292 e. The predicted molar refractivity (Wildman–Crippen MR) is 112 cm³/mol. The third-order valence-corrected chi connectivity index (χ3v) is 5.48. The van der Waals surface area contributed by atoms with Gasteiger partial charge in [0.2, 0.25) is 5.91 Å². The number of benzene rings is 2. The van der Waals surface area contributed by atoms with Crippen molar-refractivity contribution in [1.29, 1.82) is 0 Å². The molecule has 28 heavy (non-hydrogen) atoms. The van der Waals surface area contributed by atoms with E-state index >= 15 is 0 Å². The molecular formula is C18H17Cl3N4O3. The van der Waals surface area contributed by atoms with Crippen LogP contribution in [0.3, 0.4) is 0 Å². The molecule has 0 radical (unpaired) electrons. The highest BCUT2D eigenvalue weighted by atomic mass is 35.5. The van der Waals surface area contributed by atoms with Crippen LogP contribution in [-0.2, 0) is 4.79 Å². The zero-order chi connectivity index (χ0) is 20.3. The molecule has 1 fully saturated rings. The molecule has 0 aliphatic carbocycles. The van der Waals surface area contributed by atoms with Crippen molar-refractivity contribution in [3.8, 4) is 0 Å². The zero-order valence-electron chi connectivity index (χ0n) is 14.7. The van der Waals surface area contributed by atoms with E-state index in [-0.39, 0.29) is 23.1 Å². The van der Waals surface area contributed by atoms with Gasteiger partial charge in [0.25, 0.3) is 5.69 Å². The number of piperazine rings is 1. The summed E-state index contributed by atoms with van der Waals surface area (Å²) in [6, 6.07) is 9.66. The summed E-state index contributed by atoms with van der Waals surface area (Å²) in [5.74, 6) is -0.223. The maximum Gasteiger partial charge on any atom is 0.292 e. The SMILES string of the molecule is O=C(CN1CCN(c2ccccc2[N+](=O)[O-])CC1)Nc1cc(Cl)c(Cl)cc1Cl. The Labute approximate surface area is 176 Å². The highest BCUT2D eigenvalue weighted by Gasteiger charge is 2.24. The molecule has 1 aliphatic heterocycles. The van der Waals surface area contributed by atoms with Crippen molar-refractivity contribution < 1.29 is 9.72 Å². The minimum atomic E-state index is -0.379. The van der Waals surface area contributed by atoms with Crippen LogP contribution in [0.4, 0.5) is 17.1 Å². The fourth-order valence-electron chi connectivity index (χ4n) is 3.04. The van der Waals surface area contributed by atoms with Crippen LogP contribution in [0.1, 0.15) is 0 Å². The summed E-state index contributed by atoms with van der Waals surface area (Å²) in [4.78, 5) is 27.1. The van der Waals surface area contributed by atoms with Crippen LogP contribution in [-0.4, -0.2) is 48.5 Å². The lowest BCUT2D eigenvalue weighted by molar-refractivity contribution is -0.384. The van der Waals surface area contributed by atoms with Gasteiger partial charge in [-0.2, -0.15) is 0 Å². The van der Waals surface area contributed by atoms with Crippen LogP contribution in [0.2, 0.25) is 15.1 Å². The average molecular weight is 444 g/mol. The first-order valence-electron chi connectivity index (χ1n) is 8.50. The number of nitrogens with one attached hydrogen (secondary N) is 1. The molecule has 0 aromatic heterocycles. The largest absolute Gasteiger partial charge is 0.363 e. The van der Waals surface area contributed by atoms with Gasteiger partial charge in [-0.25, -0.2) is 0 Å². The van der Waals surface area contributed by atoms with Gasteiger partial charge in [-0.1, -0.05) is 46.9 Å². The molecule has 3 rings (SSSR count). The van der Waals surface area contributed by atoms with Crippen molar-refractivity contribution in [3.63, 3.8) is 0 Å². The van der Waals surface area contributed by atoms with Crippen molar-refractivity contribution >= 4 is 57.8 Å². The van der Waals surface area contributed by atoms with Crippen LogP contribution in [0, 0.1) is 10.1 Å². The molecule has 0 atom stereocenters. The number of carbonyl (C=O) groups excluding carboxylic acids is 1. The number of halogens is 3. The summed E-state index contributed by atoms with van der Waals surface area (Å²) in [5.41, 5.74) is 1.08. The Morgan fingerprint density at radius 3 is 2.36 bits per heavy atom. The Morgan fingerprint density at radius 1 is 1.04 bits per heavy atom. The van der Waals surface area contributed by atoms with Crippen molar-refractivity contribution in [2.45, 2.75) is 0 Å². The highest BCUT2D eigenvalue weighted by molar-refractivity contribution is 6.44. The van der Waals surface area contributed by atoms with Gasteiger partial charge in [0.05, 0.1) is 32.2 Å². The molecule has 0 unspecified atom stereocenters. The van der Waals surface area contributed by atoms with Gasteiger partial charge in [0.15, 0.2) is 0 Å². The number of amides is 1. The van der Waals surface area contributed by atoms with E-state index in [4.69, 9.17) is 34.8 Å². The van der Waals surface area contributed by atoms with Crippen molar-refractivity contribution in [2.75, 3.05) is 42.9 Å². The number of hydrogen-bond acceptors (Lipinski definition) is 5. The lowest BCUT2D eigenvalue weighted by atomic mass is 10.2. The van der Waals surface area contributed by atoms with E-state index in [0.29, 0.717) is 52.6 Å². The second-order valence-electron chi connectivity index (χ2n) is 6.30. The van der Waals surface area contributed by atoms with Gasteiger partial charge in [-0.3, -0.25) is 19.8 Å². The molecular weight excluding hydrogens is 427 g/mol. The van der Waals surface area contributed by atoms with E-state index in [1.807, 2.05) is 9.80 Å². The molecule has 148 valence electrons. The van der Waals surface area contributed by atoms with Crippen molar-refractivity contribution in [2.24, 2.45) is 0 Å². The summed E-state index contributed by atoms with van der Waals surface area (Å²) in [5, 5.41) is 14.9. The average Bonchev–Trinajstić information content (AvgIpc) is 2.66. The van der Waals surface area contributed by atoms with Gasteiger partial charge in [0, 0.05) is 32.2 Å². The molecule has 1 heterocycles. The van der Waals surface area contributed by atoms with Gasteiger partial charge in [0.1, 0.15) is 5.69 Å². The van der Waals surface area contributed by atoms with Gasteiger partial charge >= 0.3 is 0 Å². The van der Waals surface area contributed by atoms with E-state index in [1.54, 1.807) is 18.2 Å². The maximum atomic E-state index is 12.3. The number of rotatable bonds is 5. The summed E-state index contributed by atoms with van der Waals surface area (Å²) in [6.45, 7) is 2.57. The van der Waals surface area contributed by atoms with E-state index in [2.05, 4.69) is 5.32 Å². The van der Waals surface area contributed by atoms with Crippen LogP contribution >= 0.6 is 34.8 Å². The van der Waals surface area contributed by atoms with Gasteiger partial charge in [-0.15, -0.1) is 0 Å². The molecule has 1 saturated heterocycles. The monoisotopic (exact) mass is 442 g/mol. The summed E-state index contributed by atoms with van der Waals surface area (Å²) in [7, 11) is 0. The third-order valence-electron chi connectivity index (χ3n) is 4.44. The summed E-state index contributed by atoms with van der Waals surface area (Å²) in [6.07, 6.45) is 0. The summed E-state index contributed by atoms with van der Waals surface area (Å²) < 4.78 is 0. The van der Waals surface area contributed by atoms with Gasteiger partial charge < -0.3 is 10.2 Å². The maximum absolute atomic E-state index is 12.3. The van der Waals surface area contributed by atoms with Crippen LogP contribution in [0.15, 0.2) is 36.4 Å². The van der Waals surface area contributed by atoms with Crippen LogP contribution < -0.4 is 10.2 Å². The van der Waals surface area contributed by atoms with E-state index in [0.717, 1.165) is 0 Å². The normalized spacial score (nSPS) is 14.8. The number of carbonyl (C=O) groups is 1. The Hall–Kier alpha value is -2.06. The molecule has 1 amide bonds. The Bertz CT molecular complexity index is 902. The number of anilines is 2. The number of nitro groups is 1. The first-order chi connectivity index (χ1) is 13.3. The molecule has 7 nitrogen and oxygen atoms in total. The molecule has 0 saturated carbocycles. The Kier molecular flexibility index (Phi) is 6.61. The second-order valence-corrected chi connectivity index (χ2v) is 7.52. The minimum absolute atomic E-state index is 0.0861. The van der Waals surface area contributed by atoms with Crippen LogP contribution in [0.5, 0.6) is 0 Å². The zero-order valence-corrected chi connectivity index (χ0v) is 17.0. The lowest BCUT2D eigenvalue weighted by Gasteiger charge is -2.35. The number of para-hydroxylation sites is 2. The van der Waals surface area contributed by atoms with E-state index in [9.17, 15) is 14.9 Å². The lowest BCUT2D eigenvalue weighted by Crippen LogP contribution is -2.48. The summed E-state index contributed by atoms with van der Waals surface area (Å²) >= 11 is 17.9. The first-order valence-corrected chi connectivity index (χ1v) is 9.63. The topological polar surface area (TPSA) is 78.7 Å². The molecule has 1 N–H and O–H groups in total. The van der Waals surface area contributed by atoms with Crippen molar-refractivity contribution in [3.05, 3.63) is 61.6 Å². The second kappa shape index (κ2) is 8.96. The van der Waals surface area contributed by atoms with Crippen LogP contribution in [0.25, 0.3) is 0 Å². The predicted octanol–water partition coefficient (Wildman–Crippen LogP) is 4.32. The molecule has 1 aliphatic rings. The van der Waals surface area contributed by atoms with Gasteiger partial charge in [-0.05, 0) is 18.2 Å². The Balaban J connectivity index is 1.57. The molecule has 0 spiro atoms. The number of nitro benzene ring substituents is 1. The van der Waals surface area contributed by atoms with E-state index in [1.165, 1.54) is 18.2 Å². The molecule has 10 heteroatoms. The molecule has 2 aromatic rings. The number of nitrogens with zero attached hydrogens (tertiary/aromatic N) is 3. The number of hydrogen-bond donors (Lipinski definition) is 1. The molecule has 0 bridgehead atoms. The standard InChI is InChI=1S/C18H17Cl3N4O3/c19-12-9-14(21)15(10-13(12)20)22-18(26)11-23-5-7-24(8-6-23)16-3-1-2-4-17(16)25(27)28/h1-4,9-10H,5-8,11H2,(H,22,26). The highest BCUT2D eigenvalue weighted by Crippen LogP contribution is 2.32. The fourth-order valence-corrected chi connectivity index (χ4v) is 3.64. The van der Waals surface area contributed by atoms with Crippen molar-refractivity contribution in [1.82, 2.24) is 4.90 Å².